The van der Waals surface area contributed by atoms with Crippen LogP contribution in [-0.2, 0) is 0 Å². The molecule has 0 saturated carbocycles. The lowest BCUT2D eigenvalue weighted by molar-refractivity contribution is 0.541. The third-order valence-corrected chi connectivity index (χ3v) is 4.71. The molecule has 0 spiro atoms. The summed E-state index contributed by atoms with van der Waals surface area (Å²) in [5.74, 6) is -0.571. The van der Waals surface area contributed by atoms with Gasteiger partial charge in [-0.2, -0.15) is 0 Å². The van der Waals surface area contributed by atoms with Crippen molar-refractivity contribution in [3.05, 3.63) is 67.2 Å². The Balaban J connectivity index is 2.49. The molecule has 0 saturated heterocycles. The number of benzene rings is 2. The largest absolute Gasteiger partial charge is 0.306 e. The fourth-order valence-corrected chi connectivity index (χ4v) is 3.33. The lowest BCUT2D eigenvalue weighted by Crippen LogP contribution is -2.25. The van der Waals surface area contributed by atoms with Crippen molar-refractivity contribution in [1.29, 1.82) is 0 Å². The van der Waals surface area contributed by atoms with Crippen LogP contribution in [0.1, 0.15) is 30.5 Å². The van der Waals surface area contributed by atoms with Crippen molar-refractivity contribution in [3.8, 4) is 0 Å². The summed E-state index contributed by atoms with van der Waals surface area (Å²) in [7, 11) is 0. The van der Waals surface area contributed by atoms with E-state index in [9.17, 15) is 8.78 Å². The van der Waals surface area contributed by atoms with Crippen molar-refractivity contribution < 1.29 is 8.78 Å². The molecular formula is C16H15BrF2IN. The van der Waals surface area contributed by atoms with Crippen LogP contribution in [0.4, 0.5) is 8.78 Å². The number of hydrogen-bond acceptors (Lipinski definition) is 1. The van der Waals surface area contributed by atoms with Crippen molar-refractivity contribution >= 4 is 38.5 Å². The fraction of sp³-hybridized carbons (Fsp3) is 0.250. The molecule has 2 rings (SSSR count). The second kappa shape index (κ2) is 7.65. The first kappa shape index (κ1) is 16.8. The highest BCUT2D eigenvalue weighted by Gasteiger charge is 2.21. The SMILES string of the molecule is CCCNC(c1ccc(F)cc1I)c1cccc(Br)c1F. The molecule has 0 aromatic heterocycles. The predicted molar refractivity (Wildman–Crippen MR) is 93.4 cm³/mol. The summed E-state index contributed by atoms with van der Waals surface area (Å²) >= 11 is 5.31. The molecule has 0 bridgehead atoms. The van der Waals surface area contributed by atoms with Gasteiger partial charge in [0.2, 0.25) is 0 Å². The molecule has 0 aliphatic carbocycles. The molecule has 2 aromatic rings. The van der Waals surface area contributed by atoms with E-state index in [1.54, 1.807) is 24.3 Å². The van der Waals surface area contributed by atoms with Crippen molar-refractivity contribution in [3.63, 3.8) is 0 Å². The average molecular weight is 466 g/mol. The van der Waals surface area contributed by atoms with E-state index in [2.05, 4.69) is 50.8 Å². The van der Waals surface area contributed by atoms with Crippen LogP contribution in [0.25, 0.3) is 0 Å². The highest BCUT2D eigenvalue weighted by Crippen LogP contribution is 2.31. The second-order valence-electron chi connectivity index (χ2n) is 4.70. The smallest absolute Gasteiger partial charge is 0.142 e. The van der Waals surface area contributed by atoms with Gasteiger partial charge in [0.15, 0.2) is 0 Å². The summed E-state index contributed by atoms with van der Waals surface area (Å²) in [6, 6.07) is 9.53. The van der Waals surface area contributed by atoms with Crippen molar-refractivity contribution in [2.75, 3.05) is 6.54 Å². The van der Waals surface area contributed by atoms with Gasteiger partial charge >= 0.3 is 0 Å². The fourth-order valence-electron chi connectivity index (χ4n) is 2.16. The van der Waals surface area contributed by atoms with Crippen molar-refractivity contribution in [2.24, 2.45) is 0 Å². The minimum absolute atomic E-state index is 0.285. The molecule has 1 atom stereocenters. The van der Waals surface area contributed by atoms with E-state index < -0.39 is 0 Å². The normalized spacial score (nSPS) is 12.4. The van der Waals surface area contributed by atoms with Gasteiger partial charge in [-0.1, -0.05) is 25.1 Å². The van der Waals surface area contributed by atoms with E-state index in [1.807, 2.05) is 0 Å². The van der Waals surface area contributed by atoms with Crippen LogP contribution < -0.4 is 5.32 Å². The van der Waals surface area contributed by atoms with Crippen LogP contribution >= 0.6 is 38.5 Å². The molecule has 21 heavy (non-hydrogen) atoms. The van der Waals surface area contributed by atoms with E-state index >= 15 is 0 Å². The minimum Gasteiger partial charge on any atom is -0.306 e. The Bertz CT molecular complexity index is 634. The molecule has 0 fully saturated rings. The van der Waals surface area contributed by atoms with Gasteiger partial charge in [-0.3, -0.25) is 0 Å². The lowest BCUT2D eigenvalue weighted by Gasteiger charge is -2.22. The number of rotatable bonds is 5. The third kappa shape index (κ3) is 4.02. The monoisotopic (exact) mass is 465 g/mol. The standard InChI is InChI=1S/C16H15BrF2IN/c1-2-8-21-16(11-7-6-10(18)9-14(11)20)12-4-3-5-13(17)15(12)19/h3-7,9,16,21H,2,8H2,1H3. The topological polar surface area (TPSA) is 12.0 Å². The molecule has 0 radical (unpaired) electrons. The van der Waals surface area contributed by atoms with Gasteiger partial charge in [-0.15, -0.1) is 0 Å². The van der Waals surface area contributed by atoms with Crippen LogP contribution in [0, 0.1) is 15.2 Å². The summed E-state index contributed by atoms with van der Waals surface area (Å²) in [5, 5.41) is 3.34. The zero-order chi connectivity index (χ0) is 15.4. The van der Waals surface area contributed by atoms with Crippen LogP contribution in [-0.4, -0.2) is 6.54 Å². The molecule has 0 aliphatic rings. The Kier molecular flexibility index (Phi) is 6.13. The molecule has 0 amide bonds. The maximum atomic E-state index is 14.4. The lowest BCUT2D eigenvalue weighted by atomic mass is 9.98. The van der Waals surface area contributed by atoms with E-state index in [0.29, 0.717) is 10.0 Å². The van der Waals surface area contributed by atoms with Crippen LogP contribution in [0.15, 0.2) is 40.9 Å². The second-order valence-corrected chi connectivity index (χ2v) is 6.71. The van der Waals surface area contributed by atoms with E-state index in [1.165, 1.54) is 12.1 Å². The van der Waals surface area contributed by atoms with Gasteiger partial charge in [0.05, 0.1) is 10.5 Å². The van der Waals surface area contributed by atoms with Crippen LogP contribution in [0.3, 0.4) is 0 Å². The average Bonchev–Trinajstić information content (AvgIpc) is 2.45. The van der Waals surface area contributed by atoms with Gasteiger partial charge < -0.3 is 5.32 Å². The molecule has 112 valence electrons. The highest BCUT2D eigenvalue weighted by molar-refractivity contribution is 14.1. The highest BCUT2D eigenvalue weighted by atomic mass is 127. The molecule has 1 N–H and O–H groups in total. The first-order chi connectivity index (χ1) is 10.0. The maximum Gasteiger partial charge on any atom is 0.142 e. The Labute approximate surface area is 145 Å². The molecular weight excluding hydrogens is 451 g/mol. The molecule has 1 nitrogen and oxygen atoms in total. The summed E-state index contributed by atoms with van der Waals surface area (Å²) in [5.41, 5.74) is 1.43. The summed E-state index contributed by atoms with van der Waals surface area (Å²) in [4.78, 5) is 0. The molecule has 0 heterocycles. The van der Waals surface area contributed by atoms with Gasteiger partial charge in [0.1, 0.15) is 11.6 Å². The number of halogens is 4. The van der Waals surface area contributed by atoms with Gasteiger partial charge in [-0.25, -0.2) is 8.78 Å². The van der Waals surface area contributed by atoms with E-state index in [-0.39, 0.29) is 17.7 Å². The molecule has 2 aromatic carbocycles. The maximum absolute atomic E-state index is 14.4. The van der Waals surface area contributed by atoms with Crippen molar-refractivity contribution in [1.82, 2.24) is 5.32 Å². The van der Waals surface area contributed by atoms with E-state index in [4.69, 9.17) is 0 Å². The van der Waals surface area contributed by atoms with E-state index in [0.717, 1.165) is 22.1 Å². The zero-order valence-corrected chi connectivity index (χ0v) is 15.2. The summed E-state index contributed by atoms with van der Waals surface area (Å²) in [6.45, 7) is 2.81. The number of nitrogens with one attached hydrogen (secondary N) is 1. The number of hydrogen-bond donors (Lipinski definition) is 1. The van der Waals surface area contributed by atoms with Gasteiger partial charge in [0, 0.05) is 9.13 Å². The third-order valence-electron chi connectivity index (χ3n) is 3.16. The molecule has 1 unspecified atom stereocenters. The Hall–Kier alpha value is -0.530. The van der Waals surface area contributed by atoms with Crippen molar-refractivity contribution in [2.45, 2.75) is 19.4 Å². The minimum atomic E-state index is -0.296. The van der Waals surface area contributed by atoms with Gasteiger partial charge in [-0.05, 0) is 75.2 Å². The Morgan fingerprint density at radius 3 is 2.62 bits per heavy atom. The molecule has 5 heteroatoms. The Morgan fingerprint density at radius 1 is 1.19 bits per heavy atom. The first-order valence-corrected chi connectivity index (χ1v) is 8.54. The first-order valence-electron chi connectivity index (χ1n) is 6.66. The quantitative estimate of drug-likeness (QED) is 0.581. The predicted octanol–water partition coefficient (Wildman–Crippen LogP) is 5.42. The zero-order valence-electron chi connectivity index (χ0n) is 11.5. The Morgan fingerprint density at radius 2 is 1.95 bits per heavy atom. The van der Waals surface area contributed by atoms with Crippen LogP contribution in [0.2, 0.25) is 0 Å². The van der Waals surface area contributed by atoms with Crippen LogP contribution in [0.5, 0.6) is 0 Å². The molecule has 0 aliphatic heterocycles. The summed E-state index contributed by atoms with van der Waals surface area (Å²) in [6.07, 6.45) is 0.934. The van der Waals surface area contributed by atoms with Gasteiger partial charge in [0.25, 0.3) is 0 Å². The summed E-state index contributed by atoms with van der Waals surface area (Å²) < 4.78 is 28.9.